The predicted octanol–water partition coefficient (Wildman–Crippen LogP) is 2.42. The van der Waals surface area contributed by atoms with Gasteiger partial charge in [0, 0.05) is 13.5 Å². The third-order valence-corrected chi connectivity index (χ3v) is 2.09. The molecule has 6 nitrogen and oxygen atoms in total. The number of aromatic nitrogens is 3. The molecule has 0 saturated heterocycles. The minimum Gasteiger partial charge on any atom is -0.463 e. The van der Waals surface area contributed by atoms with Crippen LogP contribution in [-0.4, -0.2) is 41.4 Å². The van der Waals surface area contributed by atoms with Crippen molar-refractivity contribution in [2.24, 2.45) is 0 Å². The smallest absolute Gasteiger partial charge is 0.389 e. The van der Waals surface area contributed by atoms with Gasteiger partial charge in [-0.15, -0.1) is 4.98 Å². The summed E-state index contributed by atoms with van der Waals surface area (Å²) in [6, 6.07) is 0.0228. The number of hydrogen-bond donors (Lipinski definition) is 1. The Hall–Kier alpha value is -1.80. The zero-order chi connectivity index (χ0) is 15.0. The van der Waals surface area contributed by atoms with Crippen LogP contribution in [0.1, 0.15) is 26.2 Å². The average Bonchev–Trinajstić information content (AvgIpc) is 2.40. The molecule has 0 fully saturated rings. The molecule has 0 atom stereocenters. The van der Waals surface area contributed by atoms with E-state index in [4.69, 9.17) is 9.47 Å². The molecule has 20 heavy (non-hydrogen) atoms. The van der Waals surface area contributed by atoms with Crippen LogP contribution in [0.4, 0.5) is 19.1 Å². The minimum absolute atomic E-state index is 0.0578. The second-order valence-electron chi connectivity index (χ2n) is 3.89. The number of alkyl halides is 3. The van der Waals surface area contributed by atoms with Gasteiger partial charge in [-0.3, -0.25) is 0 Å². The van der Waals surface area contributed by atoms with E-state index in [9.17, 15) is 13.2 Å². The normalized spacial score (nSPS) is 11.2. The highest BCUT2D eigenvalue weighted by Gasteiger charge is 2.26. The van der Waals surface area contributed by atoms with E-state index in [-0.39, 0.29) is 31.0 Å². The lowest BCUT2D eigenvalue weighted by atomic mass is 10.3. The van der Waals surface area contributed by atoms with E-state index >= 15 is 0 Å². The van der Waals surface area contributed by atoms with Crippen molar-refractivity contribution in [3.05, 3.63) is 0 Å². The highest BCUT2D eigenvalue weighted by molar-refractivity contribution is 5.26. The molecule has 0 amide bonds. The Morgan fingerprint density at radius 1 is 1.05 bits per heavy atom. The summed E-state index contributed by atoms with van der Waals surface area (Å²) in [6.07, 6.45) is -4.47. The first-order valence-corrected chi connectivity index (χ1v) is 6.20. The van der Waals surface area contributed by atoms with E-state index in [0.29, 0.717) is 6.61 Å². The van der Waals surface area contributed by atoms with Gasteiger partial charge < -0.3 is 14.8 Å². The van der Waals surface area contributed by atoms with Gasteiger partial charge in [0.05, 0.1) is 13.2 Å². The molecule has 1 heterocycles. The van der Waals surface area contributed by atoms with Gasteiger partial charge in [0.1, 0.15) is 0 Å². The highest BCUT2D eigenvalue weighted by atomic mass is 19.4. The zero-order valence-electron chi connectivity index (χ0n) is 11.3. The first-order chi connectivity index (χ1) is 9.44. The summed E-state index contributed by atoms with van der Waals surface area (Å²) in [5.41, 5.74) is 0. The molecule has 0 aliphatic rings. The van der Waals surface area contributed by atoms with Crippen molar-refractivity contribution >= 4 is 5.95 Å². The number of halogens is 3. The van der Waals surface area contributed by atoms with E-state index in [1.807, 2.05) is 6.92 Å². The molecule has 0 aliphatic heterocycles. The number of hydrogen-bond acceptors (Lipinski definition) is 6. The fourth-order valence-corrected chi connectivity index (χ4v) is 1.21. The Kier molecular flexibility index (Phi) is 6.26. The van der Waals surface area contributed by atoms with E-state index in [0.717, 1.165) is 6.42 Å². The third-order valence-electron chi connectivity index (χ3n) is 2.09. The second-order valence-corrected chi connectivity index (χ2v) is 3.89. The Labute approximate surface area is 114 Å². The first-order valence-electron chi connectivity index (χ1n) is 6.20. The summed E-state index contributed by atoms with van der Waals surface area (Å²) in [6.45, 7) is 2.23. The van der Waals surface area contributed by atoms with Crippen molar-refractivity contribution in [2.45, 2.75) is 32.4 Å². The molecule has 0 saturated carbocycles. The van der Waals surface area contributed by atoms with Crippen molar-refractivity contribution in [1.29, 1.82) is 0 Å². The van der Waals surface area contributed by atoms with Crippen molar-refractivity contribution in [1.82, 2.24) is 15.0 Å². The van der Waals surface area contributed by atoms with Gasteiger partial charge in [-0.1, -0.05) is 6.92 Å². The van der Waals surface area contributed by atoms with Crippen LogP contribution < -0.4 is 14.8 Å². The quantitative estimate of drug-likeness (QED) is 0.743. The largest absolute Gasteiger partial charge is 0.463 e. The maximum absolute atomic E-state index is 12.0. The Balaban J connectivity index is 2.55. The van der Waals surface area contributed by atoms with E-state index in [1.54, 1.807) is 7.05 Å². The van der Waals surface area contributed by atoms with E-state index in [2.05, 4.69) is 20.3 Å². The number of ether oxygens (including phenoxy) is 2. The van der Waals surface area contributed by atoms with Crippen LogP contribution in [0.2, 0.25) is 0 Å². The molecule has 114 valence electrons. The van der Waals surface area contributed by atoms with Gasteiger partial charge in [0.2, 0.25) is 5.95 Å². The molecule has 1 rings (SSSR count). The lowest BCUT2D eigenvalue weighted by Gasteiger charge is -2.09. The van der Waals surface area contributed by atoms with Crippen LogP contribution in [0.5, 0.6) is 12.0 Å². The number of anilines is 1. The number of nitrogens with zero attached hydrogens (tertiary/aromatic N) is 3. The molecule has 0 bridgehead atoms. The highest BCUT2D eigenvalue weighted by Crippen LogP contribution is 2.21. The predicted molar refractivity (Wildman–Crippen MR) is 65.9 cm³/mol. The molecule has 1 N–H and O–H groups in total. The topological polar surface area (TPSA) is 69.2 Å². The lowest BCUT2D eigenvalue weighted by Crippen LogP contribution is -2.11. The monoisotopic (exact) mass is 294 g/mol. The Bertz CT molecular complexity index is 415. The molecule has 0 aromatic carbocycles. The second kappa shape index (κ2) is 7.71. The van der Waals surface area contributed by atoms with Crippen LogP contribution in [0.3, 0.4) is 0 Å². The lowest BCUT2D eigenvalue weighted by molar-refractivity contribution is -0.136. The molecule has 9 heteroatoms. The van der Waals surface area contributed by atoms with Crippen molar-refractivity contribution < 1.29 is 22.6 Å². The molecule has 0 unspecified atom stereocenters. The fourth-order valence-electron chi connectivity index (χ4n) is 1.21. The van der Waals surface area contributed by atoms with Crippen molar-refractivity contribution in [3.8, 4) is 12.0 Å². The van der Waals surface area contributed by atoms with Gasteiger partial charge >= 0.3 is 18.2 Å². The average molecular weight is 294 g/mol. The van der Waals surface area contributed by atoms with Gasteiger partial charge in [-0.2, -0.15) is 23.1 Å². The molecule has 0 aliphatic carbocycles. The molecule has 1 aromatic heterocycles. The van der Waals surface area contributed by atoms with Crippen molar-refractivity contribution in [2.75, 3.05) is 25.6 Å². The summed E-state index contributed by atoms with van der Waals surface area (Å²) in [4.78, 5) is 11.7. The summed E-state index contributed by atoms with van der Waals surface area (Å²) >= 11 is 0. The summed E-state index contributed by atoms with van der Waals surface area (Å²) in [5, 5.41) is 2.70. The minimum atomic E-state index is -4.19. The first kappa shape index (κ1) is 16.3. The van der Waals surface area contributed by atoms with Crippen LogP contribution >= 0.6 is 0 Å². The van der Waals surface area contributed by atoms with Crippen molar-refractivity contribution in [3.63, 3.8) is 0 Å². The fraction of sp³-hybridized carbons (Fsp3) is 0.727. The molecular formula is C11H17F3N4O2. The number of rotatable bonds is 8. The molecule has 1 aromatic rings. The van der Waals surface area contributed by atoms with Gasteiger partial charge in [0.15, 0.2) is 0 Å². The Morgan fingerprint density at radius 3 is 2.15 bits per heavy atom. The van der Waals surface area contributed by atoms with Gasteiger partial charge in [-0.25, -0.2) is 0 Å². The van der Waals surface area contributed by atoms with Crippen LogP contribution in [0, 0.1) is 0 Å². The standard InChI is InChI=1S/C11H17F3N4O2/c1-3-6-19-9-16-8(15-2)17-10(18-9)20-7-4-5-11(12,13)14/h3-7H2,1-2H3,(H,15,16,17,18). The van der Waals surface area contributed by atoms with Crippen LogP contribution in [-0.2, 0) is 0 Å². The van der Waals surface area contributed by atoms with Crippen LogP contribution in [0.25, 0.3) is 0 Å². The Morgan fingerprint density at radius 2 is 1.65 bits per heavy atom. The van der Waals surface area contributed by atoms with Crippen LogP contribution in [0.15, 0.2) is 0 Å². The van der Waals surface area contributed by atoms with E-state index < -0.39 is 12.6 Å². The van der Waals surface area contributed by atoms with E-state index in [1.165, 1.54) is 0 Å². The number of nitrogens with one attached hydrogen (secondary N) is 1. The SMILES string of the molecule is CCCOc1nc(NC)nc(OCCCC(F)(F)F)n1. The molecule has 0 spiro atoms. The summed E-state index contributed by atoms with van der Waals surface area (Å²) in [5.74, 6) is 0.233. The molecular weight excluding hydrogens is 277 g/mol. The molecule has 0 radical (unpaired) electrons. The van der Waals surface area contributed by atoms with Gasteiger partial charge in [-0.05, 0) is 12.8 Å². The zero-order valence-corrected chi connectivity index (χ0v) is 11.3. The summed E-state index contributed by atoms with van der Waals surface area (Å²) < 4.78 is 46.2. The maximum Gasteiger partial charge on any atom is 0.389 e. The maximum atomic E-state index is 12.0. The third kappa shape index (κ3) is 6.39. The summed E-state index contributed by atoms with van der Waals surface area (Å²) in [7, 11) is 1.60. The van der Waals surface area contributed by atoms with Gasteiger partial charge in [0.25, 0.3) is 0 Å².